The summed E-state index contributed by atoms with van der Waals surface area (Å²) in [4.78, 5) is 29.3. The minimum atomic E-state index is -0.110. The maximum Gasteiger partial charge on any atom is 0.229 e. The van der Waals surface area contributed by atoms with Crippen LogP contribution in [0.2, 0.25) is 0 Å². The number of aryl methyl sites for hydroxylation is 2. The Hall–Kier alpha value is -4.32. The van der Waals surface area contributed by atoms with Gasteiger partial charge in [-0.25, -0.2) is 16.5 Å². The molecule has 0 saturated heterocycles. The highest BCUT2D eigenvalue weighted by Gasteiger charge is 2.45. The second-order valence-electron chi connectivity index (χ2n) is 8.40. The van der Waals surface area contributed by atoms with Crippen LogP contribution in [0.1, 0.15) is 12.0 Å². The van der Waals surface area contributed by atoms with Crippen LogP contribution < -0.4 is 11.1 Å². The van der Waals surface area contributed by atoms with Crippen molar-refractivity contribution in [1.29, 1.82) is 0 Å². The number of hydrogen-bond donors (Lipinski definition) is 2. The zero-order valence-corrected chi connectivity index (χ0v) is 18.3. The smallest absolute Gasteiger partial charge is 0.229 e. The van der Waals surface area contributed by atoms with Gasteiger partial charge in [-0.2, -0.15) is 5.10 Å². The molecule has 0 aliphatic heterocycles. The lowest BCUT2D eigenvalue weighted by Crippen LogP contribution is -2.16. The number of rotatable bonds is 5. The standard InChI is InChI=1S/C24H22N8O/c1-13-4-20(16-9-29-32(3)12-16)27-10-18(13)21-6-14-7-22(28-11-19(14)23(25)30-21)31-24(33)17-5-15(17)8-26-2/h4,6-7,9-12,15,17H,5,8H2,1,3H3,(H2,25,30)(H,28,31,33)/t15-,17+/m1/s1. The molecule has 5 rings (SSSR count). The van der Waals surface area contributed by atoms with E-state index < -0.39 is 0 Å². The van der Waals surface area contributed by atoms with Crippen molar-refractivity contribution in [3.8, 4) is 22.5 Å². The predicted octanol–water partition coefficient (Wildman–Crippen LogP) is 3.48. The first-order chi connectivity index (χ1) is 15.9. The average molecular weight is 438 g/mol. The number of anilines is 2. The molecule has 164 valence electrons. The molecule has 4 aromatic rings. The highest BCUT2D eigenvalue weighted by Crippen LogP contribution is 2.39. The first-order valence-corrected chi connectivity index (χ1v) is 10.6. The summed E-state index contributed by atoms with van der Waals surface area (Å²) in [6.45, 7) is 9.35. The Morgan fingerprint density at radius 3 is 2.82 bits per heavy atom. The van der Waals surface area contributed by atoms with Crippen molar-refractivity contribution in [1.82, 2.24) is 24.7 Å². The van der Waals surface area contributed by atoms with Gasteiger partial charge in [0.1, 0.15) is 11.6 Å². The summed E-state index contributed by atoms with van der Waals surface area (Å²) in [5.41, 5.74) is 10.6. The third-order valence-corrected chi connectivity index (χ3v) is 5.97. The number of aromatic nitrogens is 5. The van der Waals surface area contributed by atoms with E-state index in [4.69, 9.17) is 12.3 Å². The molecule has 0 bridgehead atoms. The van der Waals surface area contributed by atoms with Gasteiger partial charge >= 0.3 is 0 Å². The Bertz CT molecular complexity index is 1430. The number of pyridine rings is 3. The molecular formula is C24H22N8O. The van der Waals surface area contributed by atoms with Crippen LogP contribution in [-0.2, 0) is 11.8 Å². The molecule has 1 aliphatic rings. The molecule has 4 aromatic heterocycles. The van der Waals surface area contributed by atoms with E-state index in [9.17, 15) is 4.79 Å². The Kier molecular flexibility index (Phi) is 4.98. The molecule has 9 nitrogen and oxygen atoms in total. The molecule has 2 atom stereocenters. The number of nitrogens with two attached hydrogens (primary N) is 1. The highest BCUT2D eigenvalue weighted by molar-refractivity contribution is 5.98. The summed E-state index contributed by atoms with van der Waals surface area (Å²) in [5, 5.41) is 8.61. The van der Waals surface area contributed by atoms with Crippen molar-refractivity contribution in [3.63, 3.8) is 0 Å². The van der Waals surface area contributed by atoms with E-state index >= 15 is 0 Å². The van der Waals surface area contributed by atoms with Crippen LogP contribution in [0.5, 0.6) is 0 Å². The molecule has 9 heteroatoms. The van der Waals surface area contributed by atoms with Crippen LogP contribution >= 0.6 is 0 Å². The number of carbonyl (C=O) groups is 1. The maximum atomic E-state index is 12.4. The third kappa shape index (κ3) is 3.99. The molecule has 3 N–H and O–H groups in total. The first-order valence-electron chi connectivity index (χ1n) is 10.6. The van der Waals surface area contributed by atoms with Crippen LogP contribution in [0.15, 0.2) is 43.0 Å². The fourth-order valence-electron chi connectivity index (χ4n) is 4.02. The summed E-state index contributed by atoms with van der Waals surface area (Å²) >= 11 is 0. The number of nitrogens with zero attached hydrogens (tertiary/aromatic N) is 6. The van der Waals surface area contributed by atoms with Gasteiger partial charge in [-0.3, -0.25) is 14.5 Å². The van der Waals surface area contributed by atoms with Crippen molar-refractivity contribution in [3.05, 3.63) is 60.0 Å². The highest BCUT2D eigenvalue weighted by atomic mass is 16.2. The number of carbonyl (C=O) groups excluding carboxylic acids is 1. The molecule has 33 heavy (non-hydrogen) atoms. The molecule has 1 fully saturated rings. The fourth-order valence-corrected chi connectivity index (χ4v) is 4.02. The van der Waals surface area contributed by atoms with E-state index in [1.807, 2.05) is 32.3 Å². The van der Waals surface area contributed by atoms with Gasteiger partial charge in [0.25, 0.3) is 0 Å². The van der Waals surface area contributed by atoms with Crippen molar-refractivity contribution < 1.29 is 4.79 Å². The van der Waals surface area contributed by atoms with Gasteiger partial charge in [0.05, 0.1) is 17.6 Å². The zero-order chi connectivity index (χ0) is 23.1. The molecule has 0 radical (unpaired) electrons. The summed E-state index contributed by atoms with van der Waals surface area (Å²) < 4.78 is 1.74. The SMILES string of the molecule is [C-]#[N+]C[C@H]1C[C@@H]1C(=O)Nc1cc2cc(-c3cnc(-c4cnn(C)c4)cc3C)nc(N)c2cn1. The molecular weight excluding hydrogens is 416 g/mol. The molecule has 0 unspecified atom stereocenters. The molecule has 1 amide bonds. The van der Waals surface area contributed by atoms with Crippen LogP contribution in [0.25, 0.3) is 38.1 Å². The second kappa shape index (κ2) is 7.98. The molecule has 1 aliphatic carbocycles. The summed E-state index contributed by atoms with van der Waals surface area (Å²) in [7, 11) is 1.87. The number of nitrogens with one attached hydrogen (secondary N) is 1. The minimum absolute atomic E-state index is 0.0937. The van der Waals surface area contributed by atoms with Gasteiger partial charge < -0.3 is 15.9 Å². The minimum Gasteiger partial charge on any atom is -0.383 e. The lowest BCUT2D eigenvalue weighted by Gasteiger charge is -2.11. The van der Waals surface area contributed by atoms with E-state index in [0.717, 1.165) is 34.2 Å². The van der Waals surface area contributed by atoms with Crippen molar-refractivity contribution >= 4 is 28.3 Å². The Morgan fingerprint density at radius 2 is 2.09 bits per heavy atom. The monoisotopic (exact) mass is 438 g/mol. The Balaban J connectivity index is 1.44. The Morgan fingerprint density at radius 1 is 1.24 bits per heavy atom. The number of amides is 1. The molecule has 1 saturated carbocycles. The number of fused-ring (bicyclic) bond motifs is 1. The second-order valence-corrected chi connectivity index (χ2v) is 8.40. The van der Waals surface area contributed by atoms with Crippen molar-refractivity contribution in [2.45, 2.75) is 13.3 Å². The van der Waals surface area contributed by atoms with E-state index in [-0.39, 0.29) is 17.7 Å². The van der Waals surface area contributed by atoms with Gasteiger partial charge in [-0.05, 0) is 42.5 Å². The topological polar surface area (TPSA) is 116 Å². The van der Waals surface area contributed by atoms with Crippen molar-refractivity contribution in [2.75, 3.05) is 17.6 Å². The molecule has 0 spiro atoms. The fraction of sp³-hybridized carbons (Fsp3) is 0.250. The first kappa shape index (κ1) is 20.6. The van der Waals surface area contributed by atoms with Crippen LogP contribution in [0.3, 0.4) is 0 Å². The number of nitrogen functional groups attached to an aromatic ring is 1. The number of hydrogen-bond acceptors (Lipinski definition) is 6. The van der Waals surface area contributed by atoms with Gasteiger partial charge in [0, 0.05) is 54.0 Å². The van der Waals surface area contributed by atoms with E-state index in [2.05, 4.69) is 30.2 Å². The van der Waals surface area contributed by atoms with Gasteiger partial charge in [0.2, 0.25) is 12.5 Å². The summed E-state index contributed by atoms with van der Waals surface area (Å²) in [6.07, 6.45) is 7.87. The normalized spacial score (nSPS) is 17.0. The third-order valence-electron chi connectivity index (χ3n) is 5.97. The van der Waals surface area contributed by atoms with Gasteiger partial charge in [0.15, 0.2) is 0 Å². The molecule has 4 heterocycles. The maximum absolute atomic E-state index is 12.4. The largest absolute Gasteiger partial charge is 0.383 e. The van der Waals surface area contributed by atoms with Crippen LogP contribution in [-0.4, -0.2) is 37.2 Å². The zero-order valence-electron chi connectivity index (χ0n) is 18.3. The quantitative estimate of drug-likeness (QED) is 0.461. The average Bonchev–Trinajstić information content (AvgIpc) is 3.43. The van der Waals surface area contributed by atoms with E-state index in [0.29, 0.717) is 29.3 Å². The van der Waals surface area contributed by atoms with Crippen LogP contribution in [0, 0.1) is 25.3 Å². The summed E-state index contributed by atoms with van der Waals surface area (Å²) in [6, 6.07) is 5.73. The van der Waals surface area contributed by atoms with Crippen molar-refractivity contribution in [2.24, 2.45) is 18.9 Å². The molecule has 0 aromatic carbocycles. The van der Waals surface area contributed by atoms with Gasteiger partial charge in [-0.15, -0.1) is 0 Å². The lowest BCUT2D eigenvalue weighted by molar-refractivity contribution is -0.117. The Labute approximate surface area is 190 Å². The lowest BCUT2D eigenvalue weighted by atomic mass is 10.0. The van der Waals surface area contributed by atoms with Crippen LogP contribution in [0.4, 0.5) is 11.6 Å². The predicted molar refractivity (Wildman–Crippen MR) is 126 cm³/mol. The van der Waals surface area contributed by atoms with E-state index in [1.165, 1.54) is 0 Å². The van der Waals surface area contributed by atoms with Gasteiger partial charge in [-0.1, -0.05) is 0 Å². The van der Waals surface area contributed by atoms with E-state index in [1.54, 1.807) is 29.3 Å². The summed E-state index contributed by atoms with van der Waals surface area (Å²) in [5.74, 6) is 0.771.